The van der Waals surface area contributed by atoms with Gasteiger partial charge < -0.3 is 14.2 Å². The van der Waals surface area contributed by atoms with Gasteiger partial charge >= 0.3 is 18.2 Å². The summed E-state index contributed by atoms with van der Waals surface area (Å²) in [7, 11) is 1.20. The third-order valence-corrected chi connectivity index (χ3v) is 3.42. The van der Waals surface area contributed by atoms with Crippen LogP contribution >= 0.6 is 15.9 Å². The first-order valence-electron chi connectivity index (χ1n) is 7.75. The van der Waals surface area contributed by atoms with Crippen molar-refractivity contribution in [3.8, 4) is 0 Å². The number of ether oxygens (including phenoxy) is 3. The molecule has 0 saturated heterocycles. The normalized spacial score (nSPS) is 11.5. The van der Waals surface area contributed by atoms with E-state index in [1.165, 1.54) is 19.4 Å². The van der Waals surface area contributed by atoms with Crippen LogP contribution in [0.25, 0.3) is 0 Å². The Labute approximate surface area is 160 Å². The highest BCUT2D eigenvalue weighted by Crippen LogP contribution is 2.31. The van der Waals surface area contributed by atoms with Crippen LogP contribution in [0.2, 0.25) is 0 Å². The molecule has 144 valence electrons. The number of carbonyl (C=O) groups is 3. The largest absolute Gasteiger partial charge is 0.464 e. The third kappa shape index (κ3) is 5.98. The zero-order chi connectivity index (χ0) is 20.3. The second-order valence-corrected chi connectivity index (χ2v) is 8.07. The van der Waals surface area contributed by atoms with Crippen molar-refractivity contribution >= 4 is 39.8 Å². The summed E-state index contributed by atoms with van der Waals surface area (Å²) in [4.78, 5) is 41.7. The Hall–Kier alpha value is -2.16. The minimum absolute atomic E-state index is 0.0453. The smallest absolute Gasteiger partial charge is 0.424 e. The van der Waals surface area contributed by atoms with Crippen molar-refractivity contribution in [1.82, 2.24) is 4.98 Å². The molecule has 1 aromatic rings. The van der Waals surface area contributed by atoms with Crippen LogP contribution in [0.3, 0.4) is 0 Å². The van der Waals surface area contributed by atoms with E-state index in [1.54, 1.807) is 41.5 Å². The molecular formula is C17H23BrN2O6. The zero-order valence-electron chi connectivity index (χ0n) is 15.9. The number of amides is 2. The van der Waals surface area contributed by atoms with Crippen molar-refractivity contribution in [1.29, 1.82) is 0 Å². The van der Waals surface area contributed by atoms with Gasteiger partial charge in [-0.05, 0) is 63.5 Å². The number of rotatable bonds is 2. The first kappa shape index (κ1) is 21.9. The SMILES string of the molecule is COC(=O)c1nccc(N(C(=O)OC(C)(C)C)C(=O)OC(C)(C)C)c1Br. The summed E-state index contributed by atoms with van der Waals surface area (Å²) in [5, 5.41) is 0. The highest BCUT2D eigenvalue weighted by Gasteiger charge is 2.35. The predicted molar refractivity (Wildman–Crippen MR) is 98.2 cm³/mol. The molecule has 0 unspecified atom stereocenters. The van der Waals surface area contributed by atoms with Gasteiger partial charge in [0, 0.05) is 6.20 Å². The molecule has 0 atom stereocenters. The highest BCUT2D eigenvalue weighted by molar-refractivity contribution is 9.10. The maximum absolute atomic E-state index is 12.6. The van der Waals surface area contributed by atoms with Gasteiger partial charge in [0.1, 0.15) is 11.2 Å². The molecule has 0 aliphatic heterocycles. The van der Waals surface area contributed by atoms with Crippen LogP contribution in [0.4, 0.5) is 15.3 Å². The molecule has 26 heavy (non-hydrogen) atoms. The fourth-order valence-electron chi connectivity index (χ4n) is 1.73. The average molecular weight is 431 g/mol. The summed E-state index contributed by atoms with van der Waals surface area (Å²) in [6.45, 7) is 10.00. The molecule has 8 nitrogen and oxygen atoms in total. The monoisotopic (exact) mass is 430 g/mol. The lowest BCUT2D eigenvalue weighted by atomic mass is 10.2. The average Bonchev–Trinajstić information content (AvgIpc) is 2.44. The number of pyridine rings is 1. The number of hydrogen-bond acceptors (Lipinski definition) is 7. The van der Waals surface area contributed by atoms with E-state index in [4.69, 9.17) is 9.47 Å². The third-order valence-electron chi connectivity index (χ3n) is 2.64. The summed E-state index contributed by atoms with van der Waals surface area (Å²) in [6.07, 6.45) is -0.627. The van der Waals surface area contributed by atoms with Gasteiger partial charge in [-0.15, -0.1) is 0 Å². The van der Waals surface area contributed by atoms with Crippen molar-refractivity contribution < 1.29 is 28.6 Å². The van der Waals surface area contributed by atoms with E-state index in [1.807, 2.05) is 0 Å². The molecule has 0 radical (unpaired) electrons. The molecule has 0 aliphatic carbocycles. The van der Waals surface area contributed by atoms with Crippen molar-refractivity contribution in [2.45, 2.75) is 52.7 Å². The number of halogens is 1. The fraction of sp³-hybridized carbons (Fsp3) is 0.529. The number of esters is 1. The summed E-state index contributed by atoms with van der Waals surface area (Å²) >= 11 is 3.20. The van der Waals surface area contributed by atoms with E-state index in [-0.39, 0.29) is 15.9 Å². The van der Waals surface area contributed by atoms with E-state index in [9.17, 15) is 14.4 Å². The lowest BCUT2D eigenvalue weighted by Gasteiger charge is -2.29. The van der Waals surface area contributed by atoms with Crippen LogP contribution in [-0.4, -0.2) is 41.5 Å². The first-order valence-corrected chi connectivity index (χ1v) is 8.55. The van der Waals surface area contributed by atoms with Gasteiger partial charge in [-0.25, -0.2) is 19.4 Å². The minimum Gasteiger partial charge on any atom is -0.464 e. The lowest BCUT2D eigenvalue weighted by molar-refractivity contribution is 0.0428. The van der Waals surface area contributed by atoms with Gasteiger partial charge in [0.2, 0.25) is 0 Å². The van der Waals surface area contributed by atoms with Gasteiger partial charge in [-0.1, -0.05) is 0 Å². The Morgan fingerprint density at radius 2 is 1.46 bits per heavy atom. The maximum atomic E-state index is 12.6. The van der Waals surface area contributed by atoms with Crippen LogP contribution in [0.1, 0.15) is 52.0 Å². The number of imide groups is 1. The van der Waals surface area contributed by atoms with Gasteiger partial charge in [-0.3, -0.25) is 0 Å². The van der Waals surface area contributed by atoms with Gasteiger partial charge in [-0.2, -0.15) is 4.90 Å². The van der Waals surface area contributed by atoms with Crippen LogP contribution in [0.5, 0.6) is 0 Å². The van der Waals surface area contributed by atoms with Crippen LogP contribution in [0, 0.1) is 0 Å². The Balaban J connectivity index is 3.44. The quantitative estimate of drug-likeness (QED) is 0.509. The Bertz CT molecular complexity index is 678. The van der Waals surface area contributed by atoms with E-state index in [0.29, 0.717) is 4.90 Å². The van der Waals surface area contributed by atoms with E-state index in [0.717, 1.165) is 0 Å². The zero-order valence-corrected chi connectivity index (χ0v) is 17.5. The molecule has 9 heteroatoms. The molecule has 1 rings (SSSR count). The standard InChI is InChI=1S/C17H23BrN2O6/c1-16(2,3)25-14(22)20(15(23)26-17(4,5)6)10-8-9-19-12(11(10)18)13(21)24-7/h8-9H,1-7H3. The molecule has 0 saturated carbocycles. The lowest BCUT2D eigenvalue weighted by Crippen LogP contribution is -2.44. The van der Waals surface area contributed by atoms with Crippen molar-refractivity contribution in [2.75, 3.05) is 12.0 Å². The topological polar surface area (TPSA) is 95.0 Å². The van der Waals surface area contributed by atoms with E-state index in [2.05, 4.69) is 25.7 Å². The van der Waals surface area contributed by atoms with Gasteiger partial charge in [0.05, 0.1) is 17.3 Å². The predicted octanol–water partition coefficient (Wildman–Crippen LogP) is 4.31. The maximum Gasteiger partial charge on any atom is 0.424 e. The number of anilines is 1. The summed E-state index contributed by atoms with van der Waals surface area (Å²) in [5.74, 6) is -0.730. The summed E-state index contributed by atoms with van der Waals surface area (Å²) < 4.78 is 15.4. The molecule has 0 bridgehead atoms. The van der Waals surface area contributed by atoms with E-state index >= 15 is 0 Å². The van der Waals surface area contributed by atoms with Crippen molar-refractivity contribution in [3.05, 3.63) is 22.4 Å². The Kier molecular flexibility index (Phi) is 6.76. The first-order chi connectivity index (χ1) is 11.8. The molecule has 1 heterocycles. The number of carbonyl (C=O) groups excluding carboxylic acids is 3. The second kappa shape index (κ2) is 8.03. The van der Waals surface area contributed by atoms with Crippen LogP contribution < -0.4 is 4.90 Å². The summed E-state index contributed by atoms with van der Waals surface area (Å²) in [5.41, 5.74) is -1.74. The number of methoxy groups -OCH3 is 1. The Morgan fingerprint density at radius 1 is 1.00 bits per heavy atom. The van der Waals surface area contributed by atoms with E-state index < -0.39 is 29.4 Å². The minimum atomic E-state index is -0.950. The number of aromatic nitrogens is 1. The molecular weight excluding hydrogens is 408 g/mol. The van der Waals surface area contributed by atoms with Gasteiger partial charge in [0.15, 0.2) is 5.69 Å². The molecule has 0 fully saturated rings. The molecule has 0 aliphatic rings. The molecule has 1 aromatic heterocycles. The highest BCUT2D eigenvalue weighted by atomic mass is 79.9. The van der Waals surface area contributed by atoms with Crippen molar-refractivity contribution in [2.24, 2.45) is 0 Å². The molecule has 2 amide bonds. The number of nitrogens with zero attached hydrogens (tertiary/aromatic N) is 2. The molecule has 0 aromatic carbocycles. The Morgan fingerprint density at radius 3 is 1.85 bits per heavy atom. The van der Waals surface area contributed by atoms with Crippen molar-refractivity contribution in [3.63, 3.8) is 0 Å². The van der Waals surface area contributed by atoms with Gasteiger partial charge in [0.25, 0.3) is 0 Å². The van der Waals surface area contributed by atoms with Crippen LogP contribution in [-0.2, 0) is 14.2 Å². The summed E-state index contributed by atoms with van der Waals surface area (Å²) in [6, 6.07) is 1.38. The fourth-order valence-corrected chi connectivity index (χ4v) is 2.31. The van der Waals surface area contributed by atoms with Crippen LogP contribution in [0.15, 0.2) is 16.7 Å². The second-order valence-electron chi connectivity index (χ2n) is 7.28. The number of hydrogen-bond donors (Lipinski definition) is 0. The molecule has 0 N–H and O–H groups in total. The molecule has 0 spiro atoms.